The van der Waals surface area contributed by atoms with E-state index in [1.54, 1.807) is 6.20 Å². The molecule has 2 unspecified atom stereocenters. The lowest BCUT2D eigenvalue weighted by molar-refractivity contribution is -0.142. The standard InChI is InChI=1S/C11H13NO3/c13-11(14)8-5-7-15-10(8)9-4-2-1-3-6-12-9/h1-4,6,8,10,12H,5,7H2,(H,13,14). The lowest BCUT2D eigenvalue weighted by Gasteiger charge is -2.18. The molecule has 1 fully saturated rings. The van der Waals surface area contributed by atoms with E-state index >= 15 is 0 Å². The van der Waals surface area contributed by atoms with E-state index in [0.29, 0.717) is 13.0 Å². The van der Waals surface area contributed by atoms with Crippen LogP contribution in [0.3, 0.4) is 0 Å². The molecule has 15 heavy (non-hydrogen) atoms. The summed E-state index contributed by atoms with van der Waals surface area (Å²) >= 11 is 0. The Labute approximate surface area is 87.9 Å². The van der Waals surface area contributed by atoms with Gasteiger partial charge in [0.25, 0.3) is 0 Å². The highest BCUT2D eigenvalue weighted by molar-refractivity contribution is 5.71. The predicted molar refractivity (Wildman–Crippen MR) is 55.0 cm³/mol. The molecule has 0 saturated carbocycles. The average molecular weight is 207 g/mol. The van der Waals surface area contributed by atoms with Gasteiger partial charge in [-0.3, -0.25) is 4.79 Å². The Balaban J connectivity index is 2.15. The van der Waals surface area contributed by atoms with Crippen LogP contribution in [0.25, 0.3) is 0 Å². The molecule has 2 heterocycles. The molecular formula is C11H13NO3. The maximum Gasteiger partial charge on any atom is 0.309 e. The van der Waals surface area contributed by atoms with Gasteiger partial charge in [0.2, 0.25) is 0 Å². The summed E-state index contributed by atoms with van der Waals surface area (Å²) in [4.78, 5) is 11.0. The van der Waals surface area contributed by atoms with Crippen molar-refractivity contribution < 1.29 is 14.6 Å². The smallest absolute Gasteiger partial charge is 0.309 e. The SMILES string of the molecule is O=C(O)C1CCOC1C1=CC=CC=CN1. The van der Waals surface area contributed by atoms with Gasteiger partial charge in [0.05, 0.1) is 5.92 Å². The monoisotopic (exact) mass is 207 g/mol. The van der Waals surface area contributed by atoms with Gasteiger partial charge in [0, 0.05) is 18.5 Å². The molecule has 2 N–H and O–H groups in total. The molecule has 0 aliphatic carbocycles. The third kappa shape index (κ3) is 2.10. The zero-order chi connectivity index (χ0) is 10.7. The maximum absolute atomic E-state index is 11.0. The molecule has 0 spiro atoms. The van der Waals surface area contributed by atoms with Crippen LogP contribution < -0.4 is 5.32 Å². The van der Waals surface area contributed by atoms with Crippen LogP contribution >= 0.6 is 0 Å². The molecule has 0 aromatic rings. The van der Waals surface area contributed by atoms with Gasteiger partial charge in [0.15, 0.2) is 0 Å². The first kappa shape index (κ1) is 9.98. The second kappa shape index (κ2) is 4.31. The van der Waals surface area contributed by atoms with Crippen molar-refractivity contribution in [3.8, 4) is 0 Å². The van der Waals surface area contributed by atoms with Crippen molar-refractivity contribution in [1.82, 2.24) is 5.32 Å². The van der Waals surface area contributed by atoms with Crippen molar-refractivity contribution in [3.63, 3.8) is 0 Å². The summed E-state index contributed by atoms with van der Waals surface area (Å²) in [6.45, 7) is 0.508. The second-order valence-electron chi connectivity index (χ2n) is 3.54. The Morgan fingerprint density at radius 2 is 2.33 bits per heavy atom. The highest BCUT2D eigenvalue weighted by Gasteiger charge is 2.36. The van der Waals surface area contributed by atoms with Crippen molar-refractivity contribution in [3.05, 3.63) is 36.2 Å². The lowest BCUT2D eigenvalue weighted by Crippen LogP contribution is -2.30. The molecule has 0 aromatic heterocycles. The highest BCUT2D eigenvalue weighted by atomic mass is 16.5. The fourth-order valence-corrected chi connectivity index (χ4v) is 1.80. The van der Waals surface area contributed by atoms with Crippen LogP contribution in [0.5, 0.6) is 0 Å². The van der Waals surface area contributed by atoms with E-state index in [2.05, 4.69) is 5.32 Å². The Bertz CT molecular complexity index is 344. The molecule has 2 atom stereocenters. The molecule has 2 aliphatic heterocycles. The molecule has 0 aromatic carbocycles. The molecule has 2 rings (SSSR count). The molecule has 1 saturated heterocycles. The number of carbonyl (C=O) groups is 1. The third-order valence-electron chi connectivity index (χ3n) is 2.56. The summed E-state index contributed by atoms with van der Waals surface area (Å²) in [5.74, 6) is -1.24. The van der Waals surface area contributed by atoms with E-state index in [9.17, 15) is 4.79 Å². The first-order valence-electron chi connectivity index (χ1n) is 4.93. The zero-order valence-electron chi connectivity index (χ0n) is 8.22. The van der Waals surface area contributed by atoms with Crippen LogP contribution in [-0.2, 0) is 9.53 Å². The molecule has 0 radical (unpaired) electrons. The van der Waals surface area contributed by atoms with Crippen LogP contribution in [0.2, 0.25) is 0 Å². The molecule has 80 valence electrons. The third-order valence-corrected chi connectivity index (χ3v) is 2.56. The summed E-state index contributed by atoms with van der Waals surface area (Å²) in [6.07, 6.45) is 9.45. The molecule has 4 nitrogen and oxygen atoms in total. The summed E-state index contributed by atoms with van der Waals surface area (Å²) in [6, 6.07) is 0. The van der Waals surface area contributed by atoms with Gasteiger partial charge < -0.3 is 15.2 Å². The summed E-state index contributed by atoms with van der Waals surface area (Å²) in [7, 11) is 0. The Morgan fingerprint density at radius 1 is 1.47 bits per heavy atom. The number of ether oxygens (including phenoxy) is 1. The van der Waals surface area contributed by atoms with Gasteiger partial charge in [0.1, 0.15) is 6.10 Å². The first-order chi connectivity index (χ1) is 7.29. The van der Waals surface area contributed by atoms with Gasteiger partial charge in [-0.2, -0.15) is 0 Å². The second-order valence-corrected chi connectivity index (χ2v) is 3.54. The van der Waals surface area contributed by atoms with Gasteiger partial charge in [-0.15, -0.1) is 0 Å². The van der Waals surface area contributed by atoms with Crippen LogP contribution in [0.15, 0.2) is 36.2 Å². The van der Waals surface area contributed by atoms with Crippen molar-refractivity contribution in [1.29, 1.82) is 0 Å². The largest absolute Gasteiger partial charge is 0.481 e. The predicted octanol–water partition coefficient (Wildman–Crippen LogP) is 1.03. The lowest BCUT2D eigenvalue weighted by atomic mass is 9.99. The zero-order valence-corrected chi connectivity index (χ0v) is 8.22. The Kier molecular flexibility index (Phi) is 2.87. The minimum atomic E-state index is -0.794. The average Bonchev–Trinajstić information content (AvgIpc) is 2.55. The van der Waals surface area contributed by atoms with Crippen LogP contribution in [0, 0.1) is 5.92 Å². The first-order valence-corrected chi connectivity index (χ1v) is 4.93. The topological polar surface area (TPSA) is 58.6 Å². The molecule has 4 heteroatoms. The van der Waals surface area contributed by atoms with E-state index in [-0.39, 0.29) is 6.10 Å². The van der Waals surface area contributed by atoms with Gasteiger partial charge >= 0.3 is 5.97 Å². The van der Waals surface area contributed by atoms with Crippen LogP contribution in [0.1, 0.15) is 6.42 Å². The number of allylic oxidation sites excluding steroid dienone is 4. The van der Waals surface area contributed by atoms with Crippen molar-refractivity contribution in [2.45, 2.75) is 12.5 Å². The summed E-state index contributed by atoms with van der Waals surface area (Å²) < 4.78 is 5.44. The van der Waals surface area contributed by atoms with Crippen LogP contribution in [0.4, 0.5) is 0 Å². The summed E-state index contributed by atoms with van der Waals surface area (Å²) in [5.41, 5.74) is 0.810. The van der Waals surface area contributed by atoms with E-state index in [1.165, 1.54) is 0 Å². The number of rotatable bonds is 2. The van der Waals surface area contributed by atoms with Crippen molar-refractivity contribution >= 4 is 5.97 Å². The number of hydrogen-bond acceptors (Lipinski definition) is 3. The van der Waals surface area contributed by atoms with Gasteiger partial charge in [-0.05, 0) is 18.6 Å². The van der Waals surface area contributed by atoms with Gasteiger partial charge in [-0.1, -0.05) is 12.2 Å². The van der Waals surface area contributed by atoms with Crippen molar-refractivity contribution in [2.75, 3.05) is 6.61 Å². The van der Waals surface area contributed by atoms with E-state index in [0.717, 1.165) is 5.70 Å². The van der Waals surface area contributed by atoms with E-state index in [1.807, 2.05) is 24.3 Å². The summed E-state index contributed by atoms with van der Waals surface area (Å²) in [5, 5.41) is 12.1. The number of hydrogen-bond donors (Lipinski definition) is 2. The fourth-order valence-electron chi connectivity index (χ4n) is 1.80. The number of carboxylic acids is 1. The molecule has 0 bridgehead atoms. The minimum Gasteiger partial charge on any atom is -0.481 e. The van der Waals surface area contributed by atoms with E-state index < -0.39 is 11.9 Å². The fraction of sp³-hybridized carbons (Fsp3) is 0.364. The maximum atomic E-state index is 11.0. The Hall–Kier alpha value is -1.55. The molecular weight excluding hydrogens is 194 g/mol. The molecule has 2 aliphatic rings. The van der Waals surface area contributed by atoms with Gasteiger partial charge in [-0.25, -0.2) is 0 Å². The number of aliphatic carboxylic acids is 1. The number of nitrogens with one attached hydrogen (secondary N) is 1. The Morgan fingerprint density at radius 3 is 3.13 bits per heavy atom. The quantitative estimate of drug-likeness (QED) is 0.710. The van der Waals surface area contributed by atoms with E-state index in [4.69, 9.17) is 9.84 Å². The van der Waals surface area contributed by atoms with Crippen molar-refractivity contribution in [2.24, 2.45) is 5.92 Å². The highest BCUT2D eigenvalue weighted by Crippen LogP contribution is 2.26. The minimum absolute atomic E-state index is 0.352. The normalized spacial score (nSPS) is 29.5. The number of carboxylic acid groups (broad SMARTS) is 1. The van der Waals surface area contributed by atoms with Crippen LogP contribution in [-0.4, -0.2) is 23.8 Å². The molecule has 0 amide bonds.